The van der Waals surface area contributed by atoms with Gasteiger partial charge in [-0.2, -0.15) is 0 Å². The van der Waals surface area contributed by atoms with Gasteiger partial charge < -0.3 is 20.1 Å². The van der Waals surface area contributed by atoms with Gasteiger partial charge in [-0.15, -0.1) is 11.8 Å². The van der Waals surface area contributed by atoms with E-state index in [1.165, 1.54) is 25.8 Å². The highest BCUT2D eigenvalue weighted by molar-refractivity contribution is 8.00. The summed E-state index contributed by atoms with van der Waals surface area (Å²) in [6.07, 6.45) is 0.394. The Kier molecular flexibility index (Phi) is 6.66. The Morgan fingerprint density at radius 3 is 2.54 bits per heavy atom. The first-order chi connectivity index (χ1) is 12.3. The van der Waals surface area contributed by atoms with Crippen LogP contribution in [0.3, 0.4) is 0 Å². The molecule has 0 aromatic heterocycles. The van der Waals surface area contributed by atoms with E-state index in [1.807, 2.05) is 19.1 Å². The number of likely N-dealkylation sites (tertiary alicyclic amines) is 1. The monoisotopic (exact) mass is 380 g/mol. The van der Waals surface area contributed by atoms with E-state index in [0.29, 0.717) is 18.7 Å². The van der Waals surface area contributed by atoms with Crippen LogP contribution in [-0.4, -0.2) is 59.8 Å². The second-order valence-electron chi connectivity index (χ2n) is 6.49. The number of carboxylic acids is 1. The number of carboxylic acid groups (broad SMARTS) is 1. The first-order valence-corrected chi connectivity index (χ1v) is 9.21. The number of benzene rings is 1. The number of carbonyl (C=O) groups excluding carboxylic acids is 2. The van der Waals surface area contributed by atoms with Gasteiger partial charge in [-0.1, -0.05) is 0 Å². The highest BCUT2D eigenvalue weighted by Crippen LogP contribution is 2.33. The van der Waals surface area contributed by atoms with Crippen molar-refractivity contribution in [2.24, 2.45) is 5.41 Å². The fraction of sp³-hybridized carbons (Fsp3) is 0.500. The van der Waals surface area contributed by atoms with E-state index in [2.05, 4.69) is 5.32 Å². The van der Waals surface area contributed by atoms with Gasteiger partial charge in [0, 0.05) is 37.7 Å². The molecule has 1 fully saturated rings. The molecule has 142 valence electrons. The molecular formula is C18H24N2O5S. The van der Waals surface area contributed by atoms with Gasteiger partial charge in [-0.25, -0.2) is 0 Å². The third kappa shape index (κ3) is 4.76. The summed E-state index contributed by atoms with van der Waals surface area (Å²) in [5.41, 5.74) is -0.319. The van der Waals surface area contributed by atoms with E-state index in [1.54, 1.807) is 17.0 Å². The maximum atomic E-state index is 12.7. The van der Waals surface area contributed by atoms with Crippen LogP contribution in [0.2, 0.25) is 0 Å². The third-order valence-corrected chi connectivity index (χ3v) is 5.47. The number of hydrogen-bond acceptors (Lipinski definition) is 5. The van der Waals surface area contributed by atoms with Crippen molar-refractivity contribution in [1.29, 1.82) is 0 Å². The summed E-state index contributed by atoms with van der Waals surface area (Å²) >= 11 is 1.41. The minimum Gasteiger partial charge on any atom is -0.481 e. The number of nitrogens with one attached hydrogen (secondary N) is 1. The van der Waals surface area contributed by atoms with E-state index in [9.17, 15) is 19.5 Å². The maximum Gasteiger partial charge on any atom is 0.313 e. The summed E-state index contributed by atoms with van der Waals surface area (Å²) in [5.74, 6) is -1.15. The van der Waals surface area contributed by atoms with Gasteiger partial charge in [0.25, 0.3) is 0 Å². The molecule has 1 saturated heterocycles. The van der Waals surface area contributed by atoms with Gasteiger partial charge >= 0.3 is 5.97 Å². The largest absolute Gasteiger partial charge is 0.481 e. The number of hydrogen-bond donors (Lipinski definition) is 2. The number of carbonyl (C=O) groups is 3. The molecule has 8 heteroatoms. The number of aliphatic carboxylic acids is 1. The molecule has 1 aromatic rings. The van der Waals surface area contributed by atoms with Crippen molar-refractivity contribution in [3.05, 3.63) is 24.3 Å². The fourth-order valence-electron chi connectivity index (χ4n) is 3.02. The number of thioether (sulfide) groups is 1. The lowest BCUT2D eigenvalue weighted by Crippen LogP contribution is -2.41. The summed E-state index contributed by atoms with van der Waals surface area (Å²) in [4.78, 5) is 37.8. The Balaban J connectivity index is 1.97. The Hall–Kier alpha value is -2.06. The first kappa shape index (κ1) is 20.3. The number of ether oxygens (including phenoxy) is 1. The number of methoxy groups -OCH3 is 1. The number of nitrogens with zero attached hydrogens (tertiary/aromatic N) is 1. The molecule has 26 heavy (non-hydrogen) atoms. The van der Waals surface area contributed by atoms with Crippen molar-refractivity contribution < 1.29 is 24.2 Å². The molecule has 7 nitrogen and oxygen atoms in total. The zero-order valence-electron chi connectivity index (χ0n) is 15.2. The average Bonchev–Trinajstić information content (AvgIpc) is 3.01. The predicted molar refractivity (Wildman–Crippen MR) is 99.2 cm³/mol. The fourth-order valence-corrected chi connectivity index (χ4v) is 3.97. The zero-order chi connectivity index (χ0) is 19.3. The standard InChI is InChI=1S/C18H24N2O5S/c1-12(26-15-6-4-14(5-7-15)19-13(2)21)16(22)20-9-8-18(10-20,11-25-3)17(23)24/h4-7,12H,8-11H2,1-3H3,(H,19,21)(H,23,24). The van der Waals surface area contributed by atoms with Gasteiger partial charge in [0.1, 0.15) is 5.41 Å². The third-order valence-electron chi connectivity index (χ3n) is 4.38. The molecule has 1 aromatic carbocycles. The first-order valence-electron chi connectivity index (χ1n) is 8.33. The van der Waals surface area contributed by atoms with Crippen molar-refractivity contribution in [2.75, 3.05) is 32.1 Å². The van der Waals surface area contributed by atoms with Crippen LogP contribution in [-0.2, 0) is 19.1 Å². The maximum absolute atomic E-state index is 12.7. The molecule has 2 N–H and O–H groups in total. The van der Waals surface area contributed by atoms with E-state index in [-0.39, 0.29) is 30.2 Å². The molecule has 1 heterocycles. The van der Waals surface area contributed by atoms with Crippen LogP contribution in [0.1, 0.15) is 20.3 Å². The lowest BCUT2D eigenvalue weighted by atomic mass is 9.88. The summed E-state index contributed by atoms with van der Waals surface area (Å²) in [6, 6.07) is 7.25. The van der Waals surface area contributed by atoms with Crippen molar-refractivity contribution >= 4 is 35.2 Å². The van der Waals surface area contributed by atoms with Crippen LogP contribution in [0, 0.1) is 5.41 Å². The molecule has 0 bridgehead atoms. The molecule has 0 aliphatic carbocycles. The zero-order valence-corrected chi connectivity index (χ0v) is 16.0. The summed E-state index contributed by atoms with van der Waals surface area (Å²) < 4.78 is 5.06. The van der Waals surface area contributed by atoms with Crippen molar-refractivity contribution in [1.82, 2.24) is 4.90 Å². The molecule has 1 aliphatic rings. The van der Waals surface area contributed by atoms with Crippen LogP contribution in [0.15, 0.2) is 29.2 Å². The Labute approximate surface area is 157 Å². The van der Waals surface area contributed by atoms with Gasteiger partial charge in [-0.05, 0) is 37.6 Å². The highest BCUT2D eigenvalue weighted by Gasteiger charge is 2.47. The molecule has 2 rings (SSSR count). The highest BCUT2D eigenvalue weighted by atomic mass is 32.2. The minimum atomic E-state index is -1.02. The van der Waals surface area contributed by atoms with Crippen molar-refractivity contribution in [2.45, 2.75) is 30.4 Å². The van der Waals surface area contributed by atoms with Crippen LogP contribution in [0.5, 0.6) is 0 Å². The summed E-state index contributed by atoms with van der Waals surface area (Å²) in [5, 5.41) is 11.9. The lowest BCUT2D eigenvalue weighted by molar-refractivity contribution is -0.151. The Morgan fingerprint density at radius 1 is 1.35 bits per heavy atom. The minimum absolute atomic E-state index is 0.0832. The van der Waals surface area contributed by atoms with Gasteiger partial charge in [0.15, 0.2) is 0 Å². The number of rotatable bonds is 7. The normalized spacial score (nSPS) is 20.7. The summed E-state index contributed by atoms with van der Waals surface area (Å²) in [6.45, 7) is 3.94. The van der Waals surface area contributed by atoms with Gasteiger partial charge in [0.05, 0.1) is 11.9 Å². The molecule has 0 saturated carbocycles. The number of anilines is 1. The summed E-state index contributed by atoms with van der Waals surface area (Å²) in [7, 11) is 1.47. The van der Waals surface area contributed by atoms with Gasteiger partial charge in [-0.3, -0.25) is 14.4 Å². The van der Waals surface area contributed by atoms with Crippen LogP contribution in [0.25, 0.3) is 0 Å². The Morgan fingerprint density at radius 2 is 2.00 bits per heavy atom. The van der Waals surface area contributed by atoms with Crippen LogP contribution in [0.4, 0.5) is 5.69 Å². The molecule has 1 aliphatic heterocycles. The second-order valence-corrected chi connectivity index (χ2v) is 7.91. The van der Waals surface area contributed by atoms with E-state index in [4.69, 9.17) is 4.74 Å². The molecule has 2 amide bonds. The molecule has 0 radical (unpaired) electrons. The quantitative estimate of drug-likeness (QED) is 0.703. The molecule has 2 atom stereocenters. The van der Waals surface area contributed by atoms with Crippen LogP contribution >= 0.6 is 11.8 Å². The predicted octanol–water partition coefficient (Wildman–Crippen LogP) is 2.08. The van der Waals surface area contributed by atoms with E-state index in [0.717, 1.165) is 4.90 Å². The van der Waals surface area contributed by atoms with E-state index >= 15 is 0 Å². The smallest absolute Gasteiger partial charge is 0.313 e. The van der Waals surface area contributed by atoms with E-state index < -0.39 is 11.4 Å². The number of amides is 2. The second kappa shape index (κ2) is 8.55. The Bertz CT molecular complexity index is 679. The molecular weight excluding hydrogens is 356 g/mol. The van der Waals surface area contributed by atoms with Crippen molar-refractivity contribution in [3.8, 4) is 0 Å². The SMILES string of the molecule is COCC1(C(=O)O)CCN(C(=O)C(C)Sc2ccc(NC(C)=O)cc2)C1. The lowest BCUT2D eigenvalue weighted by Gasteiger charge is -2.25. The topological polar surface area (TPSA) is 95.9 Å². The van der Waals surface area contributed by atoms with Crippen molar-refractivity contribution in [3.63, 3.8) is 0 Å². The molecule has 2 unspecified atom stereocenters. The average molecular weight is 380 g/mol. The van der Waals surface area contributed by atoms with Crippen LogP contribution < -0.4 is 5.32 Å². The van der Waals surface area contributed by atoms with Gasteiger partial charge in [0.2, 0.25) is 11.8 Å². The molecule has 0 spiro atoms.